The Balaban J connectivity index is 3.07. The Morgan fingerprint density at radius 2 is 1.54 bits per heavy atom. The average Bonchev–Trinajstić information content (AvgIpc) is 2.16. The van der Waals surface area contributed by atoms with Crippen LogP contribution in [0.1, 0.15) is 45.4 Å². The average molecular weight is 178 g/mol. The molecule has 0 amide bonds. The number of rotatable bonds is 8. The molecule has 0 aromatic heterocycles. The van der Waals surface area contributed by atoms with E-state index in [4.69, 9.17) is 0 Å². The molecule has 0 aliphatic carbocycles. The van der Waals surface area contributed by atoms with Crippen LogP contribution in [0.3, 0.4) is 0 Å². The smallest absolute Gasteiger partial charge is 0.0348 e. The van der Waals surface area contributed by atoms with Gasteiger partial charge in [0.25, 0.3) is 0 Å². The van der Waals surface area contributed by atoms with E-state index in [2.05, 4.69) is 31.7 Å². The highest BCUT2D eigenvalue weighted by Crippen LogP contribution is 2.02. The van der Waals surface area contributed by atoms with Gasteiger partial charge in [0.15, 0.2) is 0 Å². The summed E-state index contributed by atoms with van der Waals surface area (Å²) in [5.41, 5.74) is 0. The van der Waals surface area contributed by atoms with E-state index in [1.165, 1.54) is 38.5 Å². The van der Waals surface area contributed by atoms with Crippen LogP contribution in [0.2, 0.25) is 0 Å². The molecule has 0 heterocycles. The molecule has 0 saturated heterocycles. The van der Waals surface area contributed by atoms with E-state index in [0.29, 0.717) is 0 Å². The Kier molecular flexibility index (Phi) is 10.5. The van der Waals surface area contributed by atoms with Crippen molar-refractivity contribution in [1.29, 1.82) is 0 Å². The third-order valence-electron chi connectivity index (χ3n) is 1.89. The lowest BCUT2D eigenvalue weighted by Gasteiger charge is -1.92. The fourth-order valence-corrected chi connectivity index (χ4v) is 1.12. The molecule has 0 fully saturated rings. The lowest BCUT2D eigenvalue weighted by Crippen LogP contribution is -1.72. The van der Waals surface area contributed by atoms with Crippen molar-refractivity contribution in [1.82, 2.24) is 0 Å². The Morgan fingerprint density at radius 1 is 0.923 bits per heavy atom. The molecule has 0 aliphatic heterocycles. The monoisotopic (exact) mass is 178 g/mol. The van der Waals surface area contributed by atoms with Crippen molar-refractivity contribution in [3.63, 3.8) is 0 Å². The SMILES string of the molecule is C=CC=CCCCCC=CCCC. The maximum absolute atomic E-state index is 3.63. The number of hydrogen-bond acceptors (Lipinski definition) is 0. The quantitative estimate of drug-likeness (QED) is 0.288. The minimum atomic E-state index is 1.19. The van der Waals surface area contributed by atoms with Crippen LogP contribution in [0, 0.1) is 0 Å². The normalized spacial score (nSPS) is 11.5. The van der Waals surface area contributed by atoms with Gasteiger partial charge in [-0.1, -0.05) is 50.3 Å². The summed E-state index contributed by atoms with van der Waals surface area (Å²) in [4.78, 5) is 0. The van der Waals surface area contributed by atoms with Crippen molar-refractivity contribution in [3.8, 4) is 0 Å². The van der Waals surface area contributed by atoms with Gasteiger partial charge in [-0.25, -0.2) is 0 Å². The largest absolute Gasteiger partial charge is 0.0991 e. The van der Waals surface area contributed by atoms with Gasteiger partial charge in [-0.2, -0.15) is 0 Å². The molecular weight excluding hydrogens is 156 g/mol. The molecule has 0 aromatic carbocycles. The first-order valence-corrected chi connectivity index (χ1v) is 5.34. The van der Waals surface area contributed by atoms with Crippen molar-refractivity contribution in [2.45, 2.75) is 45.4 Å². The van der Waals surface area contributed by atoms with Crippen molar-refractivity contribution >= 4 is 0 Å². The predicted molar refractivity (Wildman–Crippen MR) is 61.9 cm³/mol. The van der Waals surface area contributed by atoms with Crippen molar-refractivity contribution in [3.05, 3.63) is 37.0 Å². The first-order chi connectivity index (χ1) is 6.41. The molecule has 0 radical (unpaired) electrons. The third-order valence-corrected chi connectivity index (χ3v) is 1.89. The Labute approximate surface area is 83.0 Å². The summed E-state index contributed by atoms with van der Waals surface area (Å²) in [7, 11) is 0. The zero-order valence-electron chi connectivity index (χ0n) is 8.84. The Bertz CT molecular complexity index is 151. The summed E-state index contributed by atoms with van der Waals surface area (Å²) in [6.45, 7) is 5.84. The summed E-state index contributed by atoms with van der Waals surface area (Å²) in [6.07, 6.45) is 18.2. The van der Waals surface area contributed by atoms with Crippen LogP contribution in [0.4, 0.5) is 0 Å². The highest BCUT2D eigenvalue weighted by Gasteiger charge is 1.82. The minimum Gasteiger partial charge on any atom is -0.0991 e. The van der Waals surface area contributed by atoms with Gasteiger partial charge in [0.05, 0.1) is 0 Å². The van der Waals surface area contributed by atoms with E-state index in [9.17, 15) is 0 Å². The molecule has 0 bridgehead atoms. The molecule has 74 valence electrons. The topological polar surface area (TPSA) is 0 Å². The maximum Gasteiger partial charge on any atom is -0.0348 e. The van der Waals surface area contributed by atoms with Gasteiger partial charge >= 0.3 is 0 Å². The predicted octanol–water partition coefficient (Wildman–Crippen LogP) is 4.65. The maximum atomic E-state index is 3.63. The Hall–Kier alpha value is -0.780. The van der Waals surface area contributed by atoms with Gasteiger partial charge in [-0.3, -0.25) is 0 Å². The summed E-state index contributed by atoms with van der Waals surface area (Å²) in [5.74, 6) is 0. The second-order valence-corrected chi connectivity index (χ2v) is 3.21. The lowest BCUT2D eigenvalue weighted by atomic mass is 10.1. The highest BCUT2D eigenvalue weighted by atomic mass is 13.9. The zero-order valence-corrected chi connectivity index (χ0v) is 8.84. The zero-order chi connectivity index (χ0) is 9.78. The minimum absolute atomic E-state index is 1.19. The van der Waals surface area contributed by atoms with Gasteiger partial charge < -0.3 is 0 Å². The molecule has 0 unspecified atom stereocenters. The van der Waals surface area contributed by atoms with Crippen molar-refractivity contribution in [2.75, 3.05) is 0 Å². The van der Waals surface area contributed by atoms with Crippen LogP contribution in [0.5, 0.6) is 0 Å². The van der Waals surface area contributed by atoms with Gasteiger partial charge in [-0.15, -0.1) is 0 Å². The van der Waals surface area contributed by atoms with Crippen LogP contribution in [0.15, 0.2) is 37.0 Å². The molecular formula is C13H22. The molecule has 13 heavy (non-hydrogen) atoms. The first kappa shape index (κ1) is 12.2. The van der Waals surface area contributed by atoms with E-state index in [0.717, 1.165) is 0 Å². The van der Waals surface area contributed by atoms with Gasteiger partial charge in [0.2, 0.25) is 0 Å². The Morgan fingerprint density at radius 3 is 2.15 bits per heavy atom. The molecule has 0 rings (SSSR count). The van der Waals surface area contributed by atoms with Crippen LogP contribution >= 0.6 is 0 Å². The van der Waals surface area contributed by atoms with E-state index < -0.39 is 0 Å². The van der Waals surface area contributed by atoms with Crippen LogP contribution < -0.4 is 0 Å². The van der Waals surface area contributed by atoms with Crippen molar-refractivity contribution in [2.24, 2.45) is 0 Å². The van der Waals surface area contributed by atoms with E-state index in [1.807, 2.05) is 12.2 Å². The lowest BCUT2D eigenvalue weighted by molar-refractivity contribution is 0.759. The van der Waals surface area contributed by atoms with Crippen molar-refractivity contribution < 1.29 is 0 Å². The summed E-state index contributed by atoms with van der Waals surface area (Å²) >= 11 is 0. The molecule has 0 aromatic rings. The van der Waals surface area contributed by atoms with Gasteiger partial charge in [0, 0.05) is 0 Å². The second-order valence-electron chi connectivity index (χ2n) is 3.21. The second kappa shape index (κ2) is 11.2. The van der Waals surface area contributed by atoms with Gasteiger partial charge in [0.1, 0.15) is 0 Å². The third kappa shape index (κ3) is 11.2. The molecule has 0 spiro atoms. The van der Waals surface area contributed by atoms with Crippen LogP contribution in [0.25, 0.3) is 0 Å². The van der Waals surface area contributed by atoms with Crippen LogP contribution in [-0.4, -0.2) is 0 Å². The van der Waals surface area contributed by atoms with E-state index in [1.54, 1.807) is 0 Å². The molecule has 0 saturated carbocycles. The highest BCUT2D eigenvalue weighted by molar-refractivity contribution is 4.96. The fraction of sp³-hybridized carbons (Fsp3) is 0.538. The summed E-state index contributed by atoms with van der Waals surface area (Å²) in [5, 5.41) is 0. The standard InChI is InChI=1S/C13H22/c1-3-5-7-9-11-13-12-10-8-6-4-2/h3,5,7-8,10H,1,4,6,9,11-13H2,2H3. The first-order valence-electron chi connectivity index (χ1n) is 5.34. The molecule has 0 nitrogen and oxygen atoms in total. The van der Waals surface area contributed by atoms with E-state index in [-0.39, 0.29) is 0 Å². The molecule has 0 heteroatoms. The van der Waals surface area contributed by atoms with E-state index >= 15 is 0 Å². The molecule has 0 N–H and O–H groups in total. The number of hydrogen-bond donors (Lipinski definition) is 0. The summed E-state index contributed by atoms with van der Waals surface area (Å²) in [6, 6.07) is 0. The molecule has 0 aliphatic rings. The fourth-order valence-electron chi connectivity index (χ4n) is 1.12. The van der Waals surface area contributed by atoms with Crippen LogP contribution in [-0.2, 0) is 0 Å². The number of allylic oxidation sites excluding steroid dienone is 5. The number of unbranched alkanes of at least 4 members (excludes halogenated alkanes) is 4. The summed E-state index contributed by atoms with van der Waals surface area (Å²) < 4.78 is 0. The molecule has 0 atom stereocenters. The van der Waals surface area contributed by atoms with Gasteiger partial charge in [-0.05, 0) is 32.1 Å².